The lowest BCUT2D eigenvalue weighted by Gasteiger charge is -2.03. The first-order chi connectivity index (χ1) is 5.79. The van der Waals surface area contributed by atoms with Gasteiger partial charge in [-0.3, -0.25) is 4.68 Å². The Labute approximate surface area is 75.7 Å². The molecule has 0 saturated heterocycles. The molecule has 0 fully saturated rings. The van der Waals surface area contributed by atoms with Gasteiger partial charge >= 0.3 is 0 Å². The normalized spacial score (nSPS) is 10.6. The molecule has 0 atom stereocenters. The Morgan fingerprint density at radius 2 is 2.50 bits per heavy atom. The topological polar surface area (TPSA) is 47.3 Å². The fraction of sp³-hybridized carbons (Fsp3) is 0.571. The molecule has 12 heavy (non-hydrogen) atoms. The van der Waals surface area contributed by atoms with Crippen LogP contribution >= 0.6 is 11.6 Å². The standard InChI is InChI=1S/C7H11ClN2O2/c1-12-3-2-10-7(5-11)6(8)4-9-10/h4,11H,2-3,5H2,1H3. The van der Waals surface area contributed by atoms with Crippen molar-refractivity contribution in [2.75, 3.05) is 13.7 Å². The fourth-order valence-corrected chi connectivity index (χ4v) is 1.12. The molecule has 1 N–H and O–H groups in total. The van der Waals surface area contributed by atoms with E-state index in [1.54, 1.807) is 11.8 Å². The molecule has 0 amide bonds. The van der Waals surface area contributed by atoms with Crippen molar-refractivity contribution in [2.24, 2.45) is 0 Å². The first kappa shape index (κ1) is 9.51. The number of methoxy groups -OCH3 is 1. The molecule has 0 aromatic carbocycles. The number of ether oxygens (including phenoxy) is 1. The minimum atomic E-state index is -0.0947. The summed E-state index contributed by atoms with van der Waals surface area (Å²) in [5, 5.41) is 13.4. The van der Waals surface area contributed by atoms with Gasteiger partial charge in [-0.15, -0.1) is 0 Å². The molecule has 4 nitrogen and oxygen atoms in total. The molecule has 0 aliphatic heterocycles. The highest BCUT2D eigenvalue weighted by atomic mass is 35.5. The number of nitrogens with zero attached hydrogens (tertiary/aromatic N) is 2. The number of rotatable bonds is 4. The Kier molecular flexibility index (Phi) is 3.52. The highest BCUT2D eigenvalue weighted by Gasteiger charge is 2.06. The number of aliphatic hydroxyl groups is 1. The number of halogens is 1. The quantitative estimate of drug-likeness (QED) is 0.760. The van der Waals surface area contributed by atoms with Crippen LogP contribution in [0.3, 0.4) is 0 Å². The summed E-state index contributed by atoms with van der Waals surface area (Å²) in [6.45, 7) is 1.08. The lowest BCUT2D eigenvalue weighted by atomic mass is 10.4. The van der Waals surface area contributed by atoms with Crippen molar-refractivity contribution in [2.45, 2.75) is 13.2 Å². The van der Waals surface area contributed by atoms with E-state index in [1.807, 2.05) is 0 Å². The smallest absolute Gasteiger partial charge is 0.0865 e. The molecular weight excluding hydrogens is 180 g/mol. The first-order valence-electron chi connectivity index (χ1n) is 3.59. The highest BCUT2D eigenvalue weighted by Crippen LogP contribution is 2.14. The van der Waals surface area contributed by atoms with Crippen LogP contribution in [0.2, 0.25) is 5.02 Å². The number of aliphatic hydroxyl groups excluding tert-OH is 1. The number of hydrogen-bond acceptors (Lipinski definition) is 3. The molecule has 0 radical (unpaired) electrons. The van der Waals surface area contributed by atoms with Crippen LogP contribution in [0, 0.1) is 0 Å². The van der Waals surface area contributed by atoms with Gasteiger partial charge in [0.25, 0.3) is 0 Å². The van der Waals surface area contributed by atoms with Gasteiger partial charge in [0.2, 0.25) is 0 Å². The molecule has 0 unspecified atom stereocenters. The van der Waals surface area contributed by atoms with E-state index in [0.29, 0.717) is 23.9 Å². The Hall–Kier alpha value is -0.580. The van der Waals surface area contributed by atoms with Gasteiger partial charge in [0, 0.05) is 7.11 Å². The van der Waals surface area contributed by atoms with Gasteiger partial charge in [0.1, 0.15) is 0 Å². The van der Waals surface area contributed by atoms with E-state index in [-0.39, 0.29) is 6.61 Å². The van der Waals surface area contributed by atoms with Crippen LogP contribution in [0.25, 0.3) is 0 Å². The van der Waals surface area contributed by atoms with Crippen molar-refractivity contribution in [1.82, 2.24) is 9.78 Å². The second-order valence-electron chi connectivity index (χ2n) is 2.31. The second kappa shape index (κ2) is 4.45. The molecule has 68 valence electrons. The van der Waals surface area contributed by atoms with Crippen LogP contribution in [0.15, 0.2) is 6.20 Å². The summed E-state index contributed by atoms with van der Waals surface area (Å²) >= 11 is 5.74. The molecule has 1 aromatic heterocycles. The highest BCUT2D eigenvalue weighted by molar-refractivity contribution is 6.31. The van der Waals surface area contributed by atoms with Gasteiger partial charge < -0.3 is 9.84 Å². The van der Waals surface area contributed by atoms with E-state index in [4.69, 9.17) is 21.4 Å². The van der Waals surface area contributed by atoms with E-state index in [9.17, 15) is 0 Å². The number of aromatic nitrogens is 2. The molecule has 1 rings (SSSR count). The summed E-state index contributed by atoms with van der Waals surface area (Å²) in [6, 6.07) is 0. The summed E-state index contributed by atoms with van der Waals surface area (Å²) in [6.07, 6.45) is 1.52. The zero-order chi connectivity index (χ0) is 8.97. The van der Waals surface area contributed by atoms with Gasteiger partial charge in [-0.25, -0.2) is 0 Å². The molecule has 0 aliphatic rings. The molecule has 5 heteroatoms. The third kappa shape index (κ3) is 1.97. The summed E-state index contributed by atoms with van der Waals surface area (Å²) < 4.78 is 6.50. The monoisotopic (exact) mass is 190 g/mol. The third-order valence-corrected chi connectivity index (χ3v) is 1.87. The molecule has 1 aromatic rings. The van der Waals surface area contributed by atoms with E-state index < -0.39 is 0 Å². The molecule has 0 spiro atoms. The van der Waals surface area contributed by atoms with Gasteiger partial charge in [0.15, 0.2) is 0 Å². The summed E-state index contributed by atoms with van der Waals surface area (Å²) in [7, 11) is 1.61. The van der Waals surface area contributed by atoms with Gasteiger partial charge in [-0.1, -0.05) is 11.6 Å². The zero-order valence-electron chi connectivity index (χ0n) is 6.83. The Morgan fingerprint density at radius 1 is 1.75 bits per heavy atom. The third-order valence-electron chi connectivity index (χ3n) is 1.55. The number of hydrogen-bond donors (Lipinski definition) is 1. The Bertz CT molecular complexity index is 250. The van der Waals surface area contributed by atoms with Crippen LogP contribution in [-0.2, 0) is 17.9 Å². The first-order valence-corrected chi connectivity index (χ1v) is 3.97. The van der Waals surface area contributed by atoms with Crippen LogP contribution in [0.5, 0.6) is 0 Å². The Balaban J connectivity index is 2.70. The van der Waals surface area contributed by atoms with E-state index in [1.165, 1.54) is 6.20 Å². The molecule has 0 bridgehead atoms. The predicted octanol–water partition coefficient (Wildman–Crippen LogP) is 0.675. The largest absolute Gasteiger partial charge is 0.390 e. The molecular formula is C7H11ClN2O2. The average Bonchev–Trinajstić information content (AvgIpc) is 2.43. The van der Waals surface area contributed by atoms with Crippen molar-refractivity contribution in [3.05, 3.63) is 16.9 Å². The van der Waals surface area contributed by atoms with Crippen molar-refractivity contribution < 1.29 is 9.84 Å². The molecule has 0 aliphatic carbocycles. The summed E-state index contributed by atoms with van der Waals surface area (Å²) in [4.78, 5) is 0. The van der Waals surface area contributed by atoms with E-state index in [2.05, 4.69) is 5.10 Å². The summed E-state index contributed by atoms with van der Waals surface area (Å²) in [5.41, 5.74) is 0.633. The molecule has 0 saturated carbocycles. The van der Waals surface area contributed by atoms with E-state index in [0.717, 1.165) is 0 Å². The van der Waals surface area contributed by atoms with Crippen LogP contribution in [-0.4, -0.2) is 28.6 Å². The fourth-order valence-electron chi connectivity index (χ4n) is 0.915. The SMILES string of the molecule is COCCn1ncc(Cl)c1CO. The van der Waals surface area contributed by atoms with Gasteiger partial charge in [-0.05, 0) is 0 Å². The minimum absolute atomic E-state index is 0.0947. The lowest BCUT2D eigenvalue weighted by molar-refractivity contribution is 0.178. The van der Waals surface area contributed by atoms with Gasteiger partial charge in [-0.2, -0.15) is 5.10 Å². The zero-order valence-corrected chi connectivity index (χ0v) is 7.58. The van der Waals surface area contributed by atoms with E-state index >= 15 is 0 Å². The Morgan fingerprint density at radius 3 is 3.08 bits per heavy atom. The lowest BCUT2D eigenvalue weighted by Crippen LogP contribution is -2.09. The van der Waals surface area contributed by atoms with Gasteiger partial charge in [0.05, 0.1) is 36.7 Å². The second-order valence-corrected chi connectivity index (χ2v) is 2.72. The van der Waals surface area contributed by atoms with Crippen molar-refractivity contribution >= 4 is 11.6 Å². The maximum absolute atomic E-state index is 8.90. The van der Waals surface area contributed by atoms with Crippen molar-refractivity contribution in [1.29, 1.82) is 0 Å². The molecule has 1 heterocycles. The van der Waals surface area contributed by atoms with Crippen LogP contribution < -0.4 is 0 Å². The van der Waals surface area contributed by atoms with Crippen molar-refractivity contribution in [3.63, 3.8) is 0 Å². The maximum atomic E-state index is 8.90. The van der Waals surface area contributed by atoms with Crippen LogP contribution in [0.1, 0.15) is 5.69 Å². The van der Waals surface area contributed by atoms with Crippen LogP contribution in [0.4, 0.5) is 0 Å². The predicted molar refractivity (Wildman–Crippen MR) is 45.0 cm³/mol. The summed E-state index contributed by atoms with van der Waals surface area (Å²) in [5.74, 6) is 0. The maximum Gasteiger partial charge on any atom is 0.0865 e. The van der Waals surface area contributed by atoms with Crippen molar-refractivity contribution in [3.8, 4) is 0 Å². The minimum Gasteiger partial charge on any atom is -0.390 e. The average molecular weight is 191 g/mol.